The number of likely N-dealkylation sites (tertiary alicyclic amines) is 1. The summed E-state index contributed by atoms with van der Waals surface area (Å²) in [5.74, 6) is 2.22. The number of hydrogen-bond acceptors (Lipinski definition) is 3. The summed E-state index contributed by atoms with van der Waals surface area (Å²) in [4.78, 5) is 7.33. The highest BCUT2D eigenvalue weighted by Gasteiger charge is 2.29. The molecule has 27 heavy (non-hydrogen) atoms. The second kappa shape index (κ2) is 11.5. The molecule has 0 amide bonds. The van der Waals surface area contributed by atoms with Gasteiger partial charge < -0.3 is 10.6 Å². The SMILES string of the molecule is CCNC(=NCc1ccc(CN2CCCC2)cc1)NCC1(C)CCCS1.I. The van der Waals surface area contributed by atoms with Crippen LogP contribution >= 0.6 is 35.7 Å². The quantitative estimate of drug-likeness (QED) is 0.333. The summed E-state index contributed by atoms with van der Waals surface area (Å²) in [5.41, 5.74) is 2.68. The van der Waals surface area contributed by atoms with E-state index in [1.165, 1.54) is 55.7 Å². The minimum atomic E-state index is 0. The fraction of sp³-hybridized carbons (Fsp3) is 0.667. The normalized spacial score (nSPS) is 23.3. The Bertz CT molecular complexity index is 578. The highest BCUT2D eigenvalue weighted by molar-refractivity contribution is 14.0. The van der Waals surface area contributed by atoms with Gasteiger partial charge in [-0.2, -0.15) is 11.8 Å². The molecule has 1 unspecified atom stereocenters. The van der Waals surface area contributed by atoms with Crippen molar-refractivity contribution in [3.63, 3.8) is 0 Å². The van der Waals surface area contributed by atoms with Gasteiger partial charge in [-0.25, -0.2) is 4.99 Å². The fourth-order valence-electron chi connectivity index (χ4n) is 3.71. The maximum atomic E-state index is 4.78. The summed E-state index contributed by atoms with van der Waals surface area (Å²) in [6, 6.07) is 8.98. The first-order chi connectivity index (χ1) is 12.7. The van der Waals surface area contributed by atoms with E-state index in [2.05, 4.69) is 65.4 Å². The zero-order valence-electron chi connectivity index (χ0n) is 16.8. The predicted molar refractivity (Wildman–Crippen MR) is 129 cm³/mol. The van der Waals surface area contributed by atoms with E-state index in [0.29, 0.717) is 4.75 Å². The number of aliphatic imine (C=N–C) groups is 1. The molecule has 0 bridgehead atoms. The number of thioether (sulfide) groups is 1. The summed E-state index contributed by atoms with van der Waals surface area (Å²) in [7, 11) is 0. The van der Waals surface area contributed by atoms with Crippen LogP contribution in [0.5, 0.6) is 0 Å². The topological polar surface area (TPSA) is 39.7 Å². The minimum Gasteiger partial charge on any atom is -0.357 e. The largest absolute Gasteiger partial charge is 0.357 e. The maximum absolute atomic E-state index is 4.78. The zero-order valence-corrected chi connectivity index (χ0v) is 19.9. The van der Waals surface area contributed by atoms with Crippen molar-refractivity contribution in [2.75, 3.05) is 31.9 Å². The first-order valence-electron chi connectivity index (χ1n) is 10.1. The lowest BCUT2D eigenvalue weighted by Gasteiger charge is -2.24. The number of nitrogens with zero attached hydrogens (tertiary/aromatic N) is 2. The lowest BCUT2D eigenvalue weighted by atomic mass is 10.1. The molecular formula is C21H35IN4S. The van der Waals surface area contributed by atoms with Crippen LogP contribution in [-0.4, -0.2) is 47.5 Å². The number of rotatable bonds is 7. The molecule has 2 aliphatic heterocycles. The van der Waals surface area contributed by atoms with Crippen molar-refractivity contribution >= 4 is 41.7 Å². The first-order valence-corrected chi connectivity index (χ1v) is 11.1. The summed E-state index contributed by atoms with van der Waals surface area (Å²) < 4.78 is 0.355. The first kappa shape index (κ1) is 22.8. The molecule has 0 aliphatic carbocycles. The van der Waals surface area contributed by atoms with Crippen molar-refractivity contribution < 1.29 is 0 Å². The van der Waals surface area contributed by atoms with Crippen molar-refractivity contribution in [2.24, 2.45) is 4.99 Å². The van der Waals surface area contributed by atoms with Crippen molar-refractivity contribution in [1.29, 1.82) is 0 Å². The second-order valence-electron chi connectivity index (χ2n) is 7.75. The molecule has 1 aromatic carbocycles. The van der Waals surface area contributed by atoms with E-state index < -0.39 is 0 Å². The Balaban J connectivity index is 0.00000261. The number of halogens is 1. The summed E-state index contributed by atoms with van der Waals surface area (Å²) >= 11 is 2.08. The van der Waals surface area contributed by atoms with E-state index >= 15 is 0 Å². The lowest BCUT2D eigenvalue weighted by Crippen LogP contribution is -2.43. The molecule has 0 aromatic heterocycles. The lowest BCUT2D eigenvalue weighted by molar-refractivity contribution is 0.331. The Labute approximate surface area is 186 Å². The van der Waals surface area contributed by atoms with Crippen molar-refractivity contribution in [3.8, 4) is 0 Å². The highest BCUT2D eigenvalue weighted by atomic mass is 127. The standard InChI is InChI=1S/C21H34N4S.HI/c1-3-22-20(24-17-21(2)11-6-14-26-21)23-15-18-7-9-19(10-8-18)16-25-12-4-5-13-25;/h7-10H,3-6,11-17H2,1-2H3,(H2,22,23,24);1H. The van der Waals surface area contributed by atoms with E-state index in [9.17, 15) is 0 Å². The van der Waals surface area contributed by atoms with Gasteiger partial charge in [0, 0.05) is 24.4 Å². The third-order valence-corrected chi connectivity index (χ3v) is 6.86. The third kappa shape index (κ3) is 7.46. The number of nitrogens with one attached hydrogen (secondary N) is 2. The molecule has 2 heterocycles. The van der Waals surface area contributed by atoms with Crippen LogP contribution in [0.25, 0.3) is 0 Å². The van der Waals surface area contributed by atoms with Crippen LogP contribution in [0.2, 0.25) is 0 Å². The van der Waals surface area contributed by atoms with Gasteiger partial charge in [0.2, 0.25) is 0 Å². The summed E-state index contributed by atoms with van der Waals surface area (Å²) in [6.45, 7) is 10.7. The van der Waals surface area contributed by atoms with Crippen molar-refractivity contribution in [2.45, 2.75) is 57.4 Å². The monoisotopic (exact) mass is 502 g/mol. The smallest absolute Gasteiger partial charge is 0.191 e. The molecule has 2 N–H and O–H groups in total. The minimum absolute atomic E-state index is 0. The van der Waals surface area contributed by atoms with Gasteiger partial charge in [0.05, 0.1) is 6.54 Å². The van der Waals surface area contributed by atoms with Crippen LogP contribution in [0.1, 0.15) is 50.7 Å². The molecular weight excluding hydrogens is 467 g/mol. The Hall–Kier alpha value is -0.470. The molecule has 2 aliphatic rings. The summed E-state index contributed by atoms with van der Waals surface area (Å²) in [5, 5.41) is 6.92. The molecule has 2 saturated heterocycles. The third-order valence-electron chi connectivity index (χ3n) is 5.32. The van der Waals surface area contributed by atoms with Crippen LogP contribution < -0.4 is 10.6 Å². The van der Waals surface area contributed by atoms with Crippen LogP contribution in [0.15, 0.2) is 29.3 Å². The zero-order chi connectivity index (χ0) is 18.2. The summed E-state index contributed by atoms with van der Waals surface area (Å²) in [6.07, 6.45) is 5.33. The molecule has 6 heteroatoms. The van der Waals surface area contributed by atoms with Crippen LogP contribution in [0.3, 0.4) is 0 Å². The molecule has 3 rings (SSSR count). The predicted octanol–water partition coefficient (Wildman–Crippen LogP) is 4.24. The van der Waals surface area contributed by atoms with Crippen molar-refractivity contribution in [1.82, 2.24) is 15.5 Å². The highest BCUT2D eigenvalue weighted by Crippen LogP contribution is 2.36. The van der Waals surface area contributed by atoms with Gasteiger partial charge in [0.15, 0.2) is 5.96 Å². The van der Waals surface area contributed by atoms with Gasteiger partial charge in [-0.05, 0) is 69.5 Å². The Morgan fingerprint density at radius 1 is 1.11 bits per heavy atom. The second-order valence-corrected chi connectivity index (χ2v) is 9.43. The fourth-order valence-corrected chi connectivity index (χ4v) is 4.95. The Morgan fingerprint density at radius 2 is 1.81 bits per heavy atom. The number of hydrogen-bond donors (Lipinski definition) is 2. The van der Waals surface area contributed by atoms with Gasteiger partial charge >= 0.3 is 0 Å². The van der Waals surface area contributed by atoms with Gasteiger partial charge in [-0.1, -0.05) is 24.3 Å². The van der Waals surface area contributed by atoms with E-state index in [1.54, 1.807) is 0 Å². The molecule has 2 fully saturated rings. The van der Waals surface area contributed by atoms with Crippen LogP contribution in [-0.2, 0) is 13.1 Å². The van der Waals surface area contributed by atoms with Gasteiger partial charge in [-0.15, -0.1) is 24.0 Å². The van der Waals surface area contributed by atoms with E-state index in [-0.39, 0.29) is 24.0 Å². The Kier molecular flexibility index (Phi) is 9.73. The molecule has 0 spiro atoms. The average molecular weight is 503 g/mol. The molecule has 4 nitrogen and oxygen atoms in total. The average Bonchev–Trinajstić information content (AvgIpc) is 3.31. The Morgan fingerprint density at radius 3 is 2.44 bits per heavy atom. The van der Waals surface area contributed by atoms with Crippen LogP contribution in [0.4, 0.5) is 0 Å². The van der Waals surface area contributed by atoms with Crippen LogP contribution in [0, 0.1) is 0 Å². The molecule has 1 atom stereocenters. The maximum Gasteiger partial charge on any atom is 0.191 e. The number of benzene rings is 1. The van der Waals surface area contributed by atoms with Crippen molar-refractivity contribution in [3.05, 3.63) is 35.4 Å². The molecule has 152 valence electrons. The molecule has 1 aromatic rings. The van der Waals surface area contributed by atoms with E-state index in [0.717, 1.165) is 32.1 Å². The molecule has 0 saturated carbocycles. The van der Waals surface area contributed by atoms with Gasteiger partial charge in [-0.3, -0.25) is 4.90 Å². The number of guanidine groups is 1. The van der Waals surface area contributed by atoms with E-state index in [1.807, 2.05) is 0 Å². The van der Waals surface area contributed by atoms with E-state index in [4.69, 9.17) is 4.99 Å². The van der Waals surface area contributed by atoms with Gasteiger partial charge in [0.25, 0.3) is 0 Å². The molecule has 0 radical (unpaired) electrons. The van der Waals surface area contributed by atoms with Gasteiger partial charge in [0.1, 0.15) is 0 Å².